The summed E-state index contributed by atoms with van der Waals surface area (Å²) in [6.07, 6.45) is 1.23. The Labute approximate surface area is 239 Å². The van der Waals surface area contributed by atoms with Crippen LogP contribution >= 0.6 is 11.6 Å². The second kappa shape index (κ2) is 9.49. The van der Waals surface area contributed by atoms with Crippen molar-refractivity contribution in [3.63, 3.8) is 0 Å². The van der Waals surface area contributed by atoms with Crippen LogP contribution in [0.5, 0.6) is 0 Å². The molecule has 0 bridgehead atoms. The predicted molar refractivity (Wildman–Crippen MR) is 152 cm³/mol. The maximum absolute atomic E-state index is 14.3. The number of urea groups is 1. The molecule has 4 aromatic rings. The van der Waals surface area contributed by atoms with E-state index < -0.39 is 41.9 Å². The topological polar surface area (TPSA) is 114 Å². The average molecular weight is 569 g/mol. The number of rotatable bonds is 4. The first-order chi connectivity index (χ1) is 19.8. The van der Waals surface area contributed by atoms with Gasteiger partial charge in [0.15, 0.2) is 0 Å². The van der Waals surface area contributed by atoms with Crippen molar-refractivity contribution in [1.82, 2.24) is 14.8 Å². The SMILES string of the molecule is O=C(O)[C@H]1CCCN1C(=O)c1ccccc1N1C(=O)[C@@H]2Cc3c([nH]c4ccccc34)[C@@H](c3cccc(Cl)c3)N2C1=O. The van der Waals surface area contributed by atoms with Crippen molar-refractivity contribution in [2.45, 2.75) is 37.4 Å². The Morgan fingerprint density at radius 1 is 0.976 bits per heavy atom. The number of nitrogens with zero attached hydrogens (tertiary/aromatic N) is 3. The van der Waals surface area contributed by atoms with Gasteiger partial charge in [-0.1, -0.05) is 54.1 Å². The molecule has 4 amide bonds. The number of likely N-dealkylation sites (tertiary alicyclic amines) is 1. The van der Waals surface area contributed by atoms with Crippen molar-refractivity contribution in [3.05, 3.63) is 100 Å². The molecule has 3 aliphatic rings. The van der Waals surface area contributed by atoms with Gasteiger partial charge in [-0.25, -0.2) is 14.5 Å². The number of aromatic nitrogens is 1. The van der Waals surface area contributed by atoms with Crippen LogP contribution in [0.15, 0.2) is 72.8 Å². The molecule has 0 saturated carbocycles. The molecule has 2 saturated heterocycles. The summed E-state index contributed by atoms with van der Waals surface area (Å²) in [5.74, 6) is -2.02. The van der Waals surface area contributed by atoms with Crippen molar-refractivity contribution in [1.29, 1.82) is 0 Å². The van der Waals surface area contributed by atoms with E-state index >= 15 is 0 Å². The van der Waals surface area contributed by atoms with Gasteiger partial charge in [0.05, 0.1) is 11.3 Å². The minimum absolute atomic E-state index is 0.116. The van der Waals surface area contributed by atoms with Crippen molar-refractivity contribution >= 4 is 52.0 Å². The Kier molecular flexibility index (Phi) is 5.86. The van der Waals surface area contributed by atoms with Crippen LogP contribution in [0.3, 0.4) is 0 Å². The van der Waals surface area contributed by atoms with Crippen LogP contribution in [-0.2, 0) is 16.0 Å². The van der Waals surface area contributed by atoms with Crippen LogP contribution in [-0.4, -0.2) is 62.3 Å². The molecule has 0 aliphatic carbocycles. The van der Waals surface area contributed by atoms with Crippen molar-refractivity contribution in [3.8, 4) is 0 Å². The number of carbonyl (C=O) groups excluding carboxylic acids is 3. The Morgan fingerprint density at radius 3 is 2.56 bits per heavy atom. The molecule has 3 aromatic carbocycles. The van der Waals surface area contributed by atoms with Gasteiger partial charge in [0.1, 0.15) is 18.1 Å². The summed E-state index contributed by atoms with van der Waals surface area (Å²) < 4.78 is 0. The third-order valence-corrected chi connectivity index (χ3v) is 8.62. The molecule has 9 nitrogen and oxygen atoms in total. The number of aromatic amines is 1. The quantitative estimate of drug-likeness (QED) is 0.337. The van der Waals surface area contributed by atoms with Gasteiger partial charge in [0.25, 0.3) is 11.8 Å². The molecule has 2 N–H and O–H groups in total. The molecular formula is C31H25ClN4O5. The predicted octanol–water partition coefficient (Wildman–Crippen LogP) is 4.99. The highest BCUT2D eigenvalue weighted by molar-refractivity contribution is 6.30. The number of carboxylic acid groups (broad SMARTS) is 1. The van der Waals surface area contributed by atoms with Gasteiger partial charge >= 0.3 is 12.0 Å². The first-order valence-corrected chi connectivity index (χ1v) is 13.9. The molecule has 1 aromatic heterocycles. The number of fused-ring (bicyclic) bond motifs is 4. The molecule has 3 atom stereocenters. The highest BCUT2D eigenvalue weighted by Gasteiger charge is 2.54. The van der Waals surface area contributed by atoms with Gasteiger partial charge in [-0.2, -0.15) is 0 Å². The minimum atomic E-state index is -1.07. The normalized spacial score (nSPS) is 21.9. The smallest absolute Gasteiger partial charge is 0.332 e. The second-order valence-electron chi connectivity index (χ2n) is 10.6. The minimum Gasteiger partial charge on any atom is -0.480 e. The summed E-state index contributed by atoms with van der Waals surface area (Å²) in [5.41, 5.74) is 3.71. The molecule has 10 heteroatoms. The van der Waals surface area contributed by atoms with Crippen LogP contribution in [0, 0.1) is 0 Å². The highest BCUT2D eigenvalue weighted by Crippen LogP contribution is 2.45. The van der Waals surface area contributed by atoms with E-state index in [0.29, 0.717) is 30.8 Å². The standard InChI is InChI=1S/C31H25ClN4O5/c32-18-8-5-7-17(15-18)27-26-21(19-9-1-3-11-22(19)33-26)16-25-29(38)36(31(41)35(25)27)23-12-4-2-10-20(23)28(37)34-14-6-13-24(34)30(39)40/h1-5,7-12,15,24-25,27,33H,6,13-14,16H2,(H,39,40)/t24-,25+,27-/m1/s1. The first-order valence-electron chi connectivity index (χ1n) is 13.5. The van der Waals surface area contributed by atoms with Crippen LogP contribution in [0.1, 0.15) is 46.1 Å². The maximum atomic E-state index is 14.3. The lowest BCUT2D eigenvalue weighted by Gasteiger charge is -2.36. The number of carbonyl (C=O) groups is 4. The van der Waals surface area contributed by atoms with E-state index in [-0.39, 0.29) is 11.3 Å². The average Bonchev–Trinajstić information content (AvgIpc) is 3.67. The van der Waals surface area contributed by atoms with Gasteiger partial charge in [-0.15, -0.1) is 0 Å². The monoisotopic (exact) mass is 568 g/mol. The Hall–Kier alpha value is -4.63. The summed E-state index contributed by atoms with van der Waals surface area (Å²) in [6.45, 7) is 0.291. The van der Waals surface area contributed by atoms with E-state index in [9.17, 15) is 24.3 Å². The summed E-state index contributed by atoms with van der Waals surface area (Å²) in [4.78, 5) is 61.3. The van der Waals surface area contributed by atoms with Gasteiger partial charge in [-0.3, -0.25) is 14.5 Å². The van der Waals surface area contributed by atoms with Crippen molar-refractivity contribution < 1.29 is 24.3 Å². The van der Waals surface area contributed by atoms with E-state index in [4.69, 9.17) is 11.6 Å². The zero-order valence-corrected chi connectivity index (χ0v) is 22.5. The zero-order chi connectivity index (χ0) is 28.4. The lowest BCUT2D eigenvalue weighted by molar-refractivity contribution is -0.141. The number of H-pyrrole nitrogens is 1. The lowest BCUT2D eigenvalue weighted by Crippen LogP contribution is -2.44. The summed E-state index contributed by atoms with van der Waals surface area (Å²) in [6, 6.07) is 18.6. The summed E-state index contributed by atoms with van der Waals surface area (Å²) in [5, 5.41) is 11.1. The van der Waals surface area contributed by atoms with Crippen LogP contribution < -0.4 is 4.90 Å². The van der Waals surface area contributed by atoms with Gasteiger partial charge in [0.2, 0.25) is 0 Å². The van der Waals surface area contributed by atoms with Crippen molar-refractivity contribution in [2.75, 3.05) is 11.4 Å². The third-order valence-electron chi connectivity index (χ3n) is 8.39. The number of carboxylic acids is 1. The molecule has 4 heterocycles. The van der Waals surface area contributed by atoms with E-state index in [1.54, 1.807) is 35.2 Å². The van der Waals surface area contributed by atoms with Gasteiger partial charge < -0.3 is 15.0 Å². The number of hydrogen-bond acceptors (Lipinski definition) is 4. The Bertz CT molecular complexity index is 1770. The fraction of sp³-hybridized carbons (Fsp3) is 0.226. The molecular weight excluding hydrogens is 544 g/mol. The number of amides is 4. The Morgan fingerprint density at radius 2 is 1.76 bits per heavy atom. The number of imide groups is 1. The fourth-order valence-electron chi connectivity index (χ4n) is 6.59. The number of nitrogens with one attached hydrogen (secondary N) is 1. The summed E-state index contributed by atoms with van der Waals surface area (Å²) >= 11 is 6.38. The third kappa shape index (κ3) is 3.83. The van der Waals surface area contributed by atoms with E-state index in [0.717, 1.165) is 32.6 Å². The van der Waals surface area contributed by atoms with E-state index in [1.165, 1.54) is 11.0 Å². The number of hydrogen-bond donors (Lipinski definition) is 2. The number of halogens is 1. The van der Waals surface area contributed by atoms with Gasteiger partial charge in [-0.05, 0) is 54.3 Å². The first kappa shape index (κ1) is 25.3. The molecule has 0 spiro atoms. The highest BCUT2D eigenvalue weighted by atomic mass is 35.5. The van der Waals surface area contributed by atoms with E-state index in [2.05, 4.69) is 4.98 Å². The Balaban J connectivity index is 1.34. The fourth-order valence-corrected chi connectivity index (χ4v) is 6.79. The molecule has 2 fully saturated rings. The molecule has 3 aliphatic heterocycles. The number of aliphatic carboxylic acids is 1. The van der Waals surface area contributed by atoms with E-state index in [1.807, 2.05) is 36.4 Å². The van der Waals surface area contributed by atoms with Crippen LogP contribution in [0.2, 0.25) is 5.02 Å². The summed E-state index contributed by atoms with van der Waals surface area (Å²) in [7, 11) is 0. The van der Waals surface area contributed by atoms with Crippen LogP contribution in [0.25, 0.3) is 10.9 Å². The van der Waals surface area contributed by atoms with Crippen LogP contribution in [0.4, 0.5) is 10.5 Å². The van der Waals surface area contributed by atoms with Crippen molar-refractivity contribution in [2.24, 2.45) is 0 Å². The second-order valence-corrected chi connectivity index (χ2v) is 11.1. The number of benzene rings is 3. The largest absolute Gasteiger partial charge is 0.480 e. The molecule has 206 valence electrons. The maximum Gasteiger partial charge on any atom is 0.332 e. The van der Waals surface area contributed by atoms with Gasteiger partial charge in [0, 0.05) is 34.6 Å². The molecule has 7 rings (SSSR count). The lowest BCUT2D eigenvalue weighted by atomic mass is 9.89. The molecule has 0 radical (unpaired) electrons. The zero-order valence-electron chi connectivity index (χ0n) is 21.8. The number of para-hydroxylation sites is 2. The molecule has 0 unspecified atom stereocenters. The number of anilines is 1. The molecule has 41 heavy (non-hydrogen) atoms.